The van der Waals surface area contributed by atoms with Crippen molar-refractivity contribution in [3.05, 3.63) is 34.1 Å². The van der Waals surface area contributed by atoms with Crippen LogP contribution in [-0.4, -0.2) is 5.11 Å². The topological polar surface area (TPSA) is 20.2 Å². The number of rotatable bonds is 1. The van der Waals surface area contributed by atoms with E-state index in [-0.39, 0.29) is 5.56 Å². The van der Waals surface area contributed by atoms with Crippen LogP contribution in [-0.2, 0) is 0 Å². The van der Waals surface area contributed by atoms with Crippen molar-refractivity contribution in [3.8, 4) is 11.8 Å². The van der Waals surface area contributed by atoms with Gasteiger partial charge in [0, 0.05) is 10.0 Å². The molecule has 0 amide bonds. The molecule has 0 heterocycles. The van der Waals surface area contributed by atoms with E-state index < -0.39 is 11.9 Å². The maximum atomic E-state index is 13.2. The molecule has 0 aliphatic carbocycles. The number of halogens is 2. The van der Waals surface area contributed by atoms with Gasteiger partial charge in [0.2, 0.25) is 0 Å². The van der Waals surface area contributed by atoms with Crippen molar-refractivity contribution >= 4 is 15.9 Å². The molecule has 0 aliphatic heterocycles. The van der Waals surface area contributed by atoms with Crippen LogP contribution < -0.4 is 0 Å². The number of benzene rings is 1. The van der Waals surface area contributed by atoms with Gasteiger partial charge in [0.15, 0.2) is 0 Å². The van der Waals surface area contributed by atoms with E-state index >= 15 is 0 Å². The summed E-state index contributed by atoms with van der Waals surface area (Å²) in [4.78, 5) is 0. The Morgan fingerprint density at radius 3 is 2.77 bits per heavy atom. The minimum absolute atomic E-state index is 0.192. The lowest BCUT2D eigenvalue weighted by molar-refractivity contribution is 0.232. The van der Waals surface area contributed by atoms with E-state index in [1.807, 2.05) is 0 Å². The first-order valence-corrected chi connectivity index (χ1v) is 4.50. The van der Waals surface area contributed by atoms with Gasteiger partial charge in [-0.3, -0.25) is 0 Å². The Kier molecular flexibility index (Phi) is 3.47. The minimum atomic E-state index is -1.07. The molecule has 0 bridgehead atoms. The first-order chi connectivity index (χ1) is 6.16. The highest BCUT2D eigenvalue weighted by atomic mass is 79.9. The number of hydrogen-bond donors (Lipinski definition) is 1. The standard InChI is InChI=1S/C10H8BrFO/c1-2-4-9(13)10-7(11)5-3-6-8(10)12/h3,5-6,9,13H,1H3. The lowest BCUT2D eigenvalue weighted by atomic mass is 10.1. The molecule has 0 saturated heterocycles. The van der Waals surface area contributed by atoms with Crippen molar-refractivity contribution in [2.24, 2.45) is 0 Å². The third-order valence-corrected chi connectivity index (χ3v) is 2.25. The Morgan fingerprint density at radius 2 is 2.23 bits per heavy atom. The highest BCUT2D eigenvalue weighted by Gasteiger charge is 2.13. The molecule has 1 aromatic rings. The normalized spacial score (nSPS) is 11.7. The zero-order chi connectivity index (χ0) is 9.84. The predicted molar refractivity (Wildman–Crippen MR) is 52.5 cm³/mol. The molecule has 0 aromatic heterocycles. The van der Waals surface area contributed by atoms with Crippen LogP contribution in [0.1, 0.15) is 18.6 Å². The van der Waals surface area contributed by atoms with Crippen LogP contribution in [0.25, 0.3) is 0 Å². The van der Waals surface area contributed by atoms with Crippen molar-refractivity contribution in [3.63, 3.8) is 0 Å². The summed E-state index contributed by atoms with van der Waals surface area (Å²) in [5.41, 5.74) is 0.192. The van der Waals surface area contributed by atoms with Crippen LogP contribution in [0.2, 0.25) is 0 Å². The van der Waals surface area contributed by atoms with E-state index in [2.05, 4.69) is 27.8 Å². The Morgan fingerprint density at radius 1 is 1.54 bits per heavy atom. The van der Waals surface area contributed by atoms with Gasteiger partial charge in [-0.25, -0.2) is 4.39 Å². The number of hydrogen-bond acceptors (Lipinski definition) is 1. The van der Waals surface area contributed by atoms with Crippen molar-refractivity contribution in [2.45, 2.75) is 13.0 Å². The molecule has 0 saturated carbocycles. The fourth-order valence-electron chi connectivity index (χ4n) is 0.981. The van der Waals surface area contributed by atoms with Gasteiger partial charge in [-0.2, -0.15) is 0 Å². The summed E-state index contributed by atoms with van der Waals surface area (Å²) >= 11 is 3.15. The third-order valence-electron chi connectivity index (χ3n) is 1.55. The predicted octanol–water partition coefficient (Wildman–Crippen LogP) is 2.64. The zero-order valence-corrected chi connectivity index (χ0v) is 8.60. The smallest absolute Gasteiger partial charge is 0.144 e. The number of aliphatic hydroxyl groups is 1. The van der Waals surface area contributed by atoms with E-state index in [1.165, 1.54) is 6.07 Å². The molecule has 68 valence electrons. The maximum absolute atomic E-state index is 13.2. The molecular weight excluding hydrogens is 235 g/mol. The Hall–Kier alpha value is -0.850. The molecule has 0 radical (unpaired) electrons. The largest absolute Gasteiger partial charge is 0.376 e. The fraction of sp³-hybridized carbons (Fsp3) is 0.200. The second-order valence-electron chi connectivity index (χ2n) is 2.43. The van der Waals surface area contributed by atoms with Crippen LogP contribution in [0, 0.1) is 17.7 Å². The summed E-state index contributed by atoms with van der Waals surface area (Å²) in [5, 5.41) is 9.44. The van der Waals surface area contributed by atoms with Gasteiger partial charge >= 0.3 is 0 Å². The molecule has 1 unspecified atom stereocenters. The van der Waals surface area contributed by atoms with Crippen LogP contribution in [0.5, 0.6) is 0 Å². The van der Waals surface area contributed by atoms with Gasteiger partial charge in [0.1, 0.15) is 11.9 Å². The fourth-order valence-corrected chi connectivity index (χ4v) is 1.54. The van der Waals surface area contributed by atoms with Gasteiger partial charge in [-0.1, -0.05) is 27.9 Å². The Labute approximate surface area is 84.7 Å². The highest BCUT2D eigenvalue weighted by Crippen LogP contribution is 2.25. The molecule has 1 nitrogen and oxygen atoms in total. The SMILES string of the molecule is CC#CC(O)c1c(F)cccc1Br. The van der Waals surface area contributed by atoms with E-state index in [9.17, 15) is 9.50 Å². The lowest BCUT2D eigenvalue weighted by Crippen LogP contribution is -1.98. The van der Waals surface area contributed by atoms with Gasteiger partial charge in [-0.15, -0.1) is 5.92 Å². The summed E-state index contributed by atoms with van der Waals surface area (Å²) in [6, 6.07) is 4.52. The average Bonchev–Trinajstić information content (AvgIpc) is 2.04. The average molecular weight is 243 g/mol. The van der Waals surface area contributed by atoms with E-state index in [0.717, 1.165) is 0 Å². The van der Waals surface area contributed by atoms with E-state index in [1.54, 1.807) is 19.1 Å². The van der Waals surface area contributed by atoms with Crippen molar-refractivity contribution in [1.29, 1.82) is 0 Å². The molecule has 13 heavy (non-hydrogen) atoms. The summed E-state index contributed by atoms with van der Waals surface area (Å²) in [6.07, 6.45) is -1.07. The summed E-state index contributed by atoms with van der Waals surface area (Å²) in [7, 11) is 0. The molecule has 1 atom stereocenters. The highest BCUT2D eigenvalue weighted by molar-refractivity contribution is 9.10. The molecule has 1 aromatic carbocycles. The molecule has 0 fully saturated rings. The van der Waals surface area contributed by atoms with E-state index in [0.29, 0.717) is 4.47 Å². The van der Waals surface area contributed by atoms with E-state index in [4.69, 9.17) is 0 Å². The van der Waals surface area contributed by atoms with Crippen molar-refractivity contribution in [2.75, 3.05) is 0 Å². The summed E-state index contributed by atoms with van der Waals surface area (Å²) in [5.74, 6) is 4.56. The number of aliphatic hydroxyl groups excluding tert-OH is 1. The molecule has 0 spiro atoms. The monoisotopic (exact) mass is 242 g/mol. The Balaban J connectivity index is 3.17. The van der Waals surface area contributed by atoms with Gasteiger partial charge in [0.05, 0.1) is 0 Å². The van der Waals surface area contributed by atoms with Crippen molar-refractivity contribution in [1.82, 2.24) is 0 Å². The molecular formula is C10H8BrFO. The zero-order valence-electron chi connectivity index (χ0n) is 7.01. The lowest BCUT2D eigenvalue weighted by Gasteiger charge is -2.07. The molecule has 3 heteroatoms. The van der Waals surface area contributed by atoms with Crippen LogP contribution >= 0.6 is 15.9 Å². The van der Waals surface area contributed by atoms with Gasteiger partial charge < -0.3 is 5.11 Å². The first-order valence-electron chi connectivity index (χ1n) is 3.71. The quantitative estimate of drug-likeness (QED) is 0.752. The molecule has 1 N–H and O–H groups in total. The second-order valence-corrected chi connectivity index (χ2v) is 3.29. The molecule has 1 rings (SSSR count). The van der Waals surface area contributed by atoms with Gasteiger partial charge in [-0.05, 0) is 19.1 Å². The van der Waals surface area contributed by atoms with Crippen LogP contribution in [0.4, 0.5) is 4.39 Å². The van der Waals surface area contributed by atoms with Crippen LogP contribution in [0.3, 0.4) is 0 Å². The summed E-state index contributed by atoms with van der Waals surface area (Å²) < 4.78 is 13.7. The first kappa shape index (κ1) is 10.2. The minimum Gasteiger partial charge on any atom is -0.376 e. The van der Waals surface area contributed by atoms with Crippen LogP contribution in [0.15, 0.2) is 22.7 Å². The third kappa shape index (κ3) is 2.30. The summed E-state index contributed by atoms with van der Waals surface area (Å²) in [6.45, 7) is 1.60. The second kappa shape index (κ2) is 4.40. The maximum Gasteiger partial charge on any atom is 0.144 e. The van der Waals surface area contributed by atoms with Crippen molar-refractivity contribution < 1.29 is 9.50 Å². The molecule has 0 aliphatic rings. The van der Waals surface area contributed by atoms with Gasteiger partial charge in [0.25, 0.3) is 0 Å². The Bertz CT molecular complexity index is 345.